The normalized spacial score (nSPS) is 11.8. The Kier molecular flexibility index (Phi) is 7.03. The molecule has 6 nitrogen and oxygen atoms in total. The molecule has 2 amide bonds. The summed E-state index contributed by atoms with van der Waals surface area (Å²) < 4.78 is 7.38. The predicted octanol–water partition coefficient (Wildman–Crippen LogP) is 3.52. The molecule has 0 fully saturated rings. The first-order valence-electron chi connectivity index (χ1n) is 7.58. The van der Waals surface area contributed by atoms with Gasteiger partial charge in [0.15, 0.2) is 0 Å². The van der Waals surface area contributed by atoms with Crippen LogP contribution in [0.4, 0.5) is 4.79 Å². The molecule has 2 rings (SSSR count). The van der Waals surface area contributed by atoms with E-state index in [0.29, 0.717) is 11.1 Å². The Morgan fingerprint density at radius 3 is 2.52 bits per heavy atom. The Balaban J connectivity index is 1.86. The van der Waals surface area contributed by atoms with Crippen molar-refractivity contribution in [3.63, 3.8) is 0 Å². The van der Waals surface area contributed by atoms with Crippen molar-refractivity contribution in [1.82, 2.24) is 10.1 Å². The molecule has 0 aliphatic rings. The van der Waals surface area contributed by atoms with E-state index in [2.05, 4.69) is 15.2 Å². The van der Waals surface area contributed by atoms with E-state index in [1.807, 2.05) is 37.3 Å². The van der Waals surface area contributed by atoms with Crippen molar-refractivity contribution in [2.24, 2.45) is 5.10 Å². The second kappa shape index (κ2) is 9.48. The quantitative estimate of drug-likeness (QED) is 0.359. The number of nitrogens with one attached hydrogen (secondary N) is 2. The summed E-state index contributed by atoms with van der Waals surface area (Å²) in [6, 6.07) is 16.2. The molecule has 0 saturated carbocycles. The number of hydrogen-bond acceptors (Lipinski definition) is 5. The van der Waals surface area contributed by atoms with Gasteiger partial charge in [-0.25, -0.2) is 15.0 Å². The molecule has 25 heavy (non-hydrogen) atoms. The molecule has 0 spiro atoms. The summed E-state index contributed by atoms with van der Waals surface area (Å²) in [6.07, 6.45) is 1.40. The number of ether oxygens (including phenoxy) is 1. The number of esters is 1. The predicted molar refractivity (Wildman–Crippen MR) is 99.5 cm³/mol. The lowest BCUT2D eigenvalue weighted by atomic mass is 10.1. The van der Waals surface area contributed by atoms with Gasteiger partial charge >= 0.3 is 12.0 Å². The van der Waals surface area contributed by atoms with Gasteiger partial charge in [0.2, 0.25) is 0 Å². The van der Waals surface area contributed by atoms with Gasteiger partial charge in [-0.3, -0.25) is 4.72 Å². The summed E-state index contributed by atoms with van der Waals surface area (Å²) in [5.74, 6) is -0.459. The van der Waals surface area contributed by atoms with Crippen LogP contribution in [0.5, 0.6) is 0 Å². The van der Waals surface area contributed by atoms with Crippen molar-refractivity contribution in [3.05, 3.63) is 71.3 Å². The lowest BCUT2D eigenvalue weighted by molar-refractivity contribution is 0.0600. The number of rotatable bonds is 6. The first kappa shape index (κ1) is 18.5. The highest BCUT2D eigenvalue weighted by molar-refractivity contribution is 7.98. The fourth-order valence-corrected chi connectivity index (χ4v) is 2.65. The van der Waals surface area contributed by atoms with E-state index >= 15 is 0 Å². The highest BCUT2D eigenvalue weighted by Crippen LogP contribution is 2.24. The van der Waals surface area contributed by atoms with Crippen LogP contribution in [-0.2, 0) is 4.74 Å². The smallest absolute Gasteiger partial charge is 0.345 e. The van der Waals surface area contributed by atoms with E-state index in [0.717, 1.165) is 5.56 Å². The minimum absolute atomic E-state index is 0.107. The molecule has 0 radical (unpaired) electrons. The zero-order valence-electron chi connectivity index (χ0n) is 13.9. The number of amides is 2. The molecule has 0 unspecified atom stereocenters. The molecule has 2 aromatic carbocycles. The van der Waals surface area contributed by atoms with Crippen LogP contribution in [0.3, 0.4) is 0 Å². The minimum atomic E-state index is -0.459. The van der Waals surface area contributed by atoms with Gasteiger partial charge < -0.3 is 4.74 Å². The number of carbonyl (C=O) groups is 2. The Labute approximate surface area is 150 Å². The highest BCUT2D eigenvalue weighted by Gasteiger charge is 2.10. The standard InChI is InChI=1S/C18H19N3O3S/c1-13(14-8-4-3-5-9-14)25-21-18(23)20-19-12-15-10-6-7-11-16(15)17(22)24-2/h3-13H,1-2H3,(H2,20,21,23)/b19-12+/t13-/m1/s1. The summed E-state index contributed by atoms with van der Waals surface area (Å²) in [5, 5.41) is 3.97. The molecule has 0 aliphatic carbocycles. The SMILES string of the molecule is COC(=O)c1ccccc1/C=N/NC(=O)NS[C@H](C)c1ccccc1. The molecule has 0 bridgehead atoms. The van der Waals surface area contributed by atoms with Crippen LogP contribution in [0.1, 0.15) is 33.7 Å². The molecule has 0 heterocycles. The minimum Gasteiger partial charge on any atom is -0.465 e. The van der Waals surface area contributed by atoms with E-state index in [1.165, 1.54) is 25.3 Å². The summed E-state index contributed by atoms with van der Waals surface area (Å²) in [6.45, 7) is 2.00. The number of benzene rings is 2. The molecule has 7 heteroatoms. The third-order valence-corrected chi connectivity index (χ3v) is 4.26. The fraction of sp³-hybridized carbons (Fsp3) is 0.167. The van der Waals surface area contributed by atoms with Crippen molar-refractivity contribution in [1.29, 1.82) is 0 Å². The van der Waals surface area contributed by atoms with Gasteiger partial charge in [0, 0.05) is 10.8 Å². The number of hydrogen-bond donors (Lipinski definition) is 2. The zero-order chi connectivity index (χ0) is 18.1. The molecule has 0 aliphatic heterocycles. The van der Waals surface area contributed by atoms with Gasteiger partial charge in [0.1, 0.15) is 0 Å². The monoisotopic (exact) mass is 357 g/mol. The Hall–Kier alpha value is -2.80. The van der Waals surface area contributed by atoms with Gasteiger partial charge in [-0.05, 0) is 30.5 Å². The van der Waals surface area contributed by atoms with Gasteiger partial charge in [-0.15, -0.1) is 0 Å². The van der Waals surface area contributed by atoms with Gasteiger partial charge in [-0.2, -0.15) is 5.10 Å². The molecule has 2 aromatic rings. The van der Waals surface area contributed by atoms with Crippen molar-refractivity contribution in [3.8, 4) is 0 Å². The van der Waals surface area contributed by atoms with Crippen LogP contribution >= 0.6 is 11.9 Å². The maximum absolute atomic E-state index is 11.8. The third-order valence-electron chi connectivity index (χ3n) is 3.33. The van der Waals surface area contributed by atoms with Crippen LogP contribution < -0.4 is 10.1 Å². The number of urea groups is 1. The van der Waals surface area contributed by atoms with Crippen molar-refractivity contribution >= 4 is 30.2 Å². The van der Waals surface area contributed by atoms with E-state index in [1.54, 1.807) is 24.3 Å². The summed E-state index contributed by atoms with van der Waals surface area (Å²) in [7, 11) is 1.31. The van der Waals surface area contributed by atoms with Crippen molar-refractivity contribution in [2.45, 2.75) is 12.2 Å². The topological polar surface area (TPSA) is 79.8 Å². The molecule has 0 saturated heterocycles. The molecule has 1 atom stereocenters. The van der Waals surface area contributed by atoms with Crippen LogP contribution in [-0.4, -0.2) is 25.3 Å². The molecule has 0 aromatic heterocycles. The van der Waals surface area contributed by atoms with Crippen molar-refractivity contribution in [2.75, 3.05) is 7.11 Å². The molecular formula is C18H19N3O3S. The summed E-state index contributed by atoms with van der Waals surface area (Å²) in [4.78, 5) is 23.5. The van der Waals surface area contributed by atoms with Gasteiger partial charge in [-0.1, -0.05) is 48.5 Å². The summed E-state index contributed by atoms with van der Waals surface area (Å²) >= 11 is 1.29. The number of methoxy groups -OCH3 is 1. The van der Waals surface area contributed by atoms with Gasteiger partial charge in [0.05, 0.1) is 18.9 Å². The average Bonchev–Trinajstić information content (AvgIpc) is 2.66. The number of nitrogens with zero attached hydrogens (tertiary/aromatic N) is 1. The largest absolute Gasteiger partial charge is 0.465 e. The lowest BCUT2D eigenvalue weighted by Crippen LogP contribution is -2.27. The van der Waals surface area contributed by atoms with Crippen LogP contribution in [0, 0.1) is 0 Å². The second-order valence-corrected chi connectivity index (χ2v) is 6.20. The van der Waals surface area contributed by atoms with Crippen LogP contribution in [0.15, 0.2) is 59.7 Å². The maximum Gasteiger partial charge on any atom is 0.345 e. The molecule has 2 N–H and O–H groups in total. The van der Waals surface area contributed by atoms with E-state index in [-0.39, 0.29) is 5.25 Å². The Morgan fingerprint density at radius 1 is 1.12 bits per heavy atom. The van der Waals surface area contributed by atoms with Crippen molar-refractivity contribution < 1.29 is 14.3 Å². The van der Waals surface area contributed by atoms with Gasteiger partial charge in [0.25, 0.3) is 0 Å². The first-order valence-corrected chi connectivity index (χ1v) is 8.46. The van der Waals surface area contributed by atoms with E-state index in [9.17, 15) is 9.59 Å². The van der Waals surface area contributed by atoms with Crippen LogP contribution in [0.25, 0.3) is 0 Å². The third kappa shape index (κ3) is 5.65. The molecule has 130 valence electrons. The Morgan fingerprint density at radius 2 is 1.80 bits per heavy atom. The first-order chi connectivity index (χ1) is 12.1. The Bertz CT molecular complexity index is 750. The van der Waals surface area contributed by atoms with E-state index < -0.39 is 12.0 Å². The number of carbonyl (C=O) groups excluding carboxylic acids is 2. The fourth-order valence-electron chi connectivity index (χ4n) is 2.02. The zero-order valence-corrected chi connectivity index (χ0v) is 14.7. The maximum atomic E-state index is 11.8. The lowest BCUT2D eigenvalue weighted by Gasteiger charge is -2.11. The van der Waals surface area contributed by atoms with Crippen LogP contribution in [0.2, 0.25) is 0 Å². The average molecular weight is 357 g/mol. The summed E-state index contributed by atoms with van der Waals surface area (Å²) in [5.41, 5.74) is 4.42. The molecular weight excluding hydrogens is 338 g/mol. The highest BCUT2D eigenvalue weighted by atomic mass is 32.2. The number of hydrazone groups is 1. The van der Waals surface area contributed by atoms with E-state index in [4.69, 9.17) is 4.74 Å². The second-order valence-electron chi connectivity index (χ2n) is 5.05.